The van der Waals surface area contributed by atoms with Gasteiger partial charge >= 0.3 is 5.97 Å². The molecule has 98 valence electrons. The standard InChI is InChI=1S/C11H15N3O4/c1-4-18-11(17)9-7(3)13-14(10(9)12)8(16)5-6(2)15/h4-5,12H2,1-3H3. The normalized spacial score (nSPS) is 10.2. The number of nitrogens with zero attached hydrogens (tertiary/aromatic N) is 2. The van der Waals surface area contributed by atoms with Gasteiger partial charge in [-0.15, -0.1) is 0 Å². The molecule has 0 spiro atoms. The van der Waals surface area contributed by atoms with Gasteiger partial charge < -0.3 is 10.5 Å². The second-order valence-corrected chi connectivity index (χ2v) is 3.75. The number of carbonyl (C=O) groups is 3. The number of ketones is 1. The third kappa shape index (κ3) is 2.73. The molecule has 0 unspecified atom stereocenters. The van der Waals surface area contributed by atoms with Crippen molar-refractivity contribution in [3.63, 3.8) is 0 Å². The Bertz CT molecular complexity index is 505. The molecule has 1 aromatic rings. The van der Waals surface area contributed by atoms with Crippen LogP contribution in [0.4, 0.5) is 5.82 Å². The summed E-state index contributed by atoms with van der Waals surface area (Å²) >= 11 is 0. The molecule has 7 nitrogen and oxygen atoms in total. The molecule has 0 amide bonds. The number of Topliss-reactive ketones (excluding diaryl/α,β-unsaturated/α-hetero) is 1. The van der Waals surface area contributed by atoms with Crippen LogP contribution < -0.4 is 5.73 Å². The Morgan fingerprint density at radius 2 is 2.00 bits per heavy atom. The van der Waals surface area contributed by atoms with E-state index in [1.165, 1.54) is 6.92 Å². The lowest BCUT2D eigenvalue weighted by Crippen LogP contribution is -2.18. The van der Waals surface area contributed by atoms with Crippen molar-refractivity contribution in [3.05, 3.63) is 11.3 Å². The monoisotopic (exact) mass is 253 g/mol. The molecule has 2 N–H and O–H groups in total. The first-order valence-electron chi connectivity index (χ1n) is 5.43. The highest BCUT2D eigenvalue weighted by atomic mass is 16.5. The van der Waals surface area contributed by atoms with Crippen LogP contribution in [0.2, 0.25) is 0 Å². The highest BCUT2D eigenvalue weighted by Crippen LogP contribution is 2.17. The van der Waals surface area contributed by atoms with Crippen LogP contribution in [0.25, 0.3) is 0 Å². The molecule has 0 aliphatic heterocycles. The van der Waals surface area contributed by atoms with E-state index in [4.69, 9.17) is 10.5 Å². The van der Waals surface area contributed by atoms with Gasteiger partial charge in [0.2, 0.25) is 0 Å². The molecular formula is C11H15N3O4. The first-order chi connectivity index (χ1) is 8.38. The van der Waals surface area contributed by atoms with E-state index < -0.39 is 11.9 Å². The van der Waals surface area contributed by atoms with Gasteiger partial charge in [-0.3, -0.25) is 9.59 Å². The minimum Gasteiger partial charge on any atom is -0.462 e. The molecule has 0 aliphatic carbocycles. The third-order valence-electron chi connectivity index (χ3n) is 2.21. The molecule has 0 bridgehead atoms. The molecule has 7 heteroatoms. The van der Waals surface area contributed by atoms with Gasteiger partial charge in [-0.1, -0.05) is 0 Å². The van der Waals surface area contributed by atoms with E-state index in [0.29, 0.717) is 5.69 Å². The number of esters is 1. The molecule has 0 radical (unpaired) electrons. The van der Waals surface area contributed by atoms with E-state index in [0.717, 1.165) is 4.68 Å². The third-order valence-corrected chi connectivity index (χ3v) is 2.21. The number of rotatable bonds is 4. The van der Waals surface area contributed by atoms with Gasteiger partial charge in [-0.25, -0.2) is 4.79 Å². The van der Waals surface area contributed by atoms with E-state index >= 15 is 0 Å². The van der Waals surface area contributed by atoms with Gasteiger partial charge in [0.25, 0.3) is 5.91 Å². The molecule has 0 aliphatic rings. The summed E-state index contributed by atoms with van der Waals surface area (Å²) in [6.45, 7) is 4.69. The Kier molecular flexibility index (Phi) is 4.19. The number of aromatic nitrogens is 2. The van der Waals surface area contributed by atoms with E-state index in [-0.39, 0.29) is 30.2 Å². The summed E-state index contributed by atoms with van der Waals surface area (Å²) in [7, 11) is 0. The van der Waals surface area contributed by atoms with Crippen molar-refractivity contribution >= 4 is 23.5 Å². The Morgan fingerprint density at radius 1 is 1.39 bits per heavy atom. The summed E-state index contributed by atoms with van der Waals surface area (Å²) in [6.07, 6.45) is -0.312. The van der Waals surface area contributed by atoms with Crippen LogP contribution in [-0.4, -0.2) is 34.0 Å². The minimum absolute atomic E-state index is 0.0637. The summed E-state index contributed by atoms with van der Waals surface area (Å²) in [5, 5.41) is 3.86. The molecular weight excluding hydrogens is 238 g/mol. The highest BCUT2D eigenvalue weighted by Gasteiger charge is 2.23. The van der Waals surface area contributed by atoms with Crippen LogP contribution in [0.5, 0.6) is 0 Å². The number of anilines is 1. The van der Waals surface area contributed by atoms with Crippen molar-refractivity contribution < 1.29 is 19.1 Å². The van der Waals surface area contributed by atoms with Crippen molar-refractivity contribution in [2.75, 3.05) is 12.3 Å². The van der Waals surface area contributed by atoms with Crippen LogP contribution in [0.3, 0.4) is 0 Å². The summed E-state index contributed by atoms with van der Waals surface area (Å²) in [5.41, 5.74) is 6.04. The van der Waals surface area contributed by atoms with Crippen LogP contribution in [0.1, 0.15) is 41.1 Å². The molecule has 0 saturated heterocycles. The first kappa shape index (κ1) is 13.9. The van der Waals surface area contributed by atoms with Crippen molar-refractivity contribution in [1.29, 1.82) is 0 Å². The molecule has 0 saturated carbocycles. The Balaban J connectivity index is 3.11. The van der Waals surface area contributed by atoms with Gasteiger partial charge in [0.1, 0.15) is 17.2 Å². The van der Waals surface area contributed by atoms with Crippen LogP contribution in [0, 0.1) is 6.92 Å². The summed E-state index contributed by atoms with van der Waals surface area (Å²) in [4.78, 5) is 34.2. The Hall–Kier alpha value is -2.18. The maximum Gasteiger partial charge on any atom is 0.343 e. The Labute approximate surface area is 104 Å². The summed E-state index contributed by atoms with van der Waals surface area (Å²) < 4.78 is 5.68. The quantitative estimate of drug-likeness (QED) is 0.621. The topological polar surface area (TPSA) is 104 Å². The fraction of sp³-hybridized carbons (Fsp3) is 0.455. The van der Waals surface area contributed by atoms with Gasteiger partial charge in [-0.05, 0) is 20.8 Å². The molecule has 1 heterocycles. The highest BCUT2D eigenvalue weighted by molar-refractivity contribution is 6.02. The number of hydrogen-bond acceptors (Lipinski definition) is 6. The number of carbonyl (C=O) groups excluding carboxylic acids is 3. The minimum atomic E-state index is -0.630. The zero-order valence-electron chi connectivity index (χ0n) is 10.5. The van der Waals surface area contributed by atoms with Crippen molar-refractivity contribution in [2.24, 2.45) is 0 Å². The lowest BCUT2D eigenvalue weighted by atomic mass is 10.2. The predicted octanol–water partition coefficient (Wildman–Crippen LogP) is 0.570. The van der Waals surface area contributed by atoms with Gasteiger partial charge in [0, 0.05) is 0 Å². The van der Waals surface area contributed by atoms with E-state index in [1.807, 2.05) is 0 Å². The van der Waals surface area contributed by atoms with Crippen LogP contribution >= 0.6 is 0 Å². The Morgan fingerprint density at radius 3 is 2.50 bits per heavy atom. The fourth-order valence-electron chi connectivity index (χ4n) is 1.48. The van der Waals surface area contributed by atoms with Crippen molar-refractivity contribution in [1.82, 2.24) is 9.78 Å². The van der Waals surface area contributed by atoms with Gasteiger partial charge in [0.15, 0.2) is 0 Å². The first-order valence-corrected chi connectivity index (χ1v) is 5.43. The maximum absolute atomic E-state index is 11.7. The number of nitrogen functional groups attached to an aromatic ring is 1. The number of hydrogen-bond donors (Lipinski definition) is 1. The summed E-state index contributed by atoms with van der Waals surface area (Å²) in [5.74, 6) is -1.60. The second-order valence-electron chi connectivity index (χ2n) is 3.75. The molecule has 0 fully saturated rings. The molecule has 1 aromatic heterocycles. The van der Waals surface area contributed by atoms with Crippen molar-refractivity contribution in [3.8, 4) is 0 Å². The zero-order valence-corrected chi connectivity index (χ0v) is 10.5. The molecule has 18 heavy (non-hydrogen) atoms. The average molecular weight is 253 g/mol. The fourth-order valence-corrected chi connectivity index (χ4v) is 1.48. The lowest BCUT2D eigenvalue weighted by Gasteiger charge is -2.02. The largest absolute Gasteiger partial charge is 0.462 e. The van der Waals surface area contributed by atoms with Crippen molar-refractivity contribution in [2.45, 2.75) is 27.2 Å². The van der Waals surface area contributed by atoms with E-state index in [1.54, 1.807) is 13.8 Å². The number of nitrogens with two attached hydrogens (primary N) is 1. The van der Waals surface area contributed by atoms with Crippen LogP contribution in [-0.2, 0) is 9.53 Å². The van der Waals surface area contributed by atoms with E-state index in [2.05, 4.69) is 5.10 Å². The van der Waals surface area contributed by atoms with Gasteiger partial charge in [0.05, 0.1) is 18.7 Å². The van der Waals surface area contributed by atoms with Crippen LogP contribution in [0.15, 0.2) is 0 Å². The second kappa shape index (κ2) is 5.44. The molecule has 1 rings (SSSR count). The SMILES string of the molecule is CCOC(=O)c1c(C)nn(C(=O)CC(C)=O)c1N. The van der Waals surface area contributed by atoms with Gasteiger partial charge in [-0.2, -0.15) is 9.78 Å². The average Bonchev–Trinajstić information content (AvgIpc) is 2.53. The zero-order chi connectivity index (χ0) is 13.9. The molecule has 0 aromatic carbocycles. The molecule has 0 atom stereocenters. The number of ether oxygens (including phenoxy) is 1. The summed E-state index contributed by atoms with van der Waals surface area (Å²) in [6, 6.07) is 0. The maximum atomic E-state index is 11.7. The lowest BCUT2D eigenvalue weighted by molar-refractivity contribution is -0.116. The predicted molar refractivity (Wildman–Crippen MR) is 63.3 cm³/mol. The number of aryl methyl sites for hydroxylation is 1. The smallest absolute Gasteiger partial charge is 0.343 e. The van der Waals surface area contributed by atoms with E-state index in [9.17, 15) is 14.4 Å².